The SMILES string of the molecule is CCC1CC2CC1C(C(C)N)N(C1C=CC=CC1)C2. The van der Waals surface area contributed by atoms with E-state index in [2.05, 4.69) is 43.1 Å². The lowest BCUT2D eigenvalue weighted by Gasteiger charge is -2.46. The maximum absolute atomic E-state index is 6.38. The second kappa shape index (κ2) is 5.41. The number of hydrogen-bond donors (Lipinski definition) is 1. The molecule has 1 saturated heterocycles. The Bertz CT molecular complexity index is 371. The van der Waals surface area contributed by atoms with E-state index in [0.717, 1.165) is 24.2 Å². The molecule has 2 bridgehead atoms. The van der Waals surface area contributed by atoms with Gasteiger partial charge in [0.1, 0.15) is 0 Å². The molecule has 2 heteroatoms. The third kappa shape index (κ3) is 2.41. The summed E-state index contributed by atoms with van der Waals surface area (Å²) in [6.45, 7) is 5.84. The topological polar surface area (TPSA) is 29.3 Å². The van der Waals surface area contributed by atoms with Gasteiger partial charge in [0.15, 0.2) is 0 Å². The minimum atomic E-state index is 0.289. The fraction of sp³-hybridized carbons (Fsp3) is 0.765. The smallest absolute Gasteiger partial charge is 0.0319 e. The normalized spacial score (nSPS) is 43.6. The van der Waals surface area contributed by atoms with Gasteiger partial charge in [0.25, 0.3) is 0 Å². The van der Waals surface area contributed by atoms with Crippen LogP contribution in [0.1, 0.15) is 39.5 Å². The quantitative estimate of drug-likeness (QED) is 0.845. The van der Waals surface area contributed by atoms with Gasteiger partial charge in [-0.25, -0.2) is 0 Å². The molecule has 2 nitrogen and oxygen atoms in total. The van der Waals surface area contributed by atoms with E-state index in [9.17, 15) is 0 Å². The third-order valence-corrected chi connectivity index (χ3v) is 5.58. The summed E-state index contributed by atoms with van der Waals surface area (Å²) in [5, 5.41) is 0. The Labute approximate surface area is 117 Å². The van der Waals surface area contributed by atoms with Crippen molar-refractivity contribution in [2.24, 2.45) is 23.5 Å². The highest BCUT2D eigenvalue weighted by Gasteiger charge is 2.47. The van der Waals surface area contributed by atoms with Crippen LogP contribution in [0.2, 0.25) is 0 Å². The van der Waals surface area contributed by atoms with Gasteiger partial charge >= 0.3 is 0 Å². The molecule has 0 aromatic rings. The molecule has 0 aromatic carbocycles. The number of nitrogens with two attached hydrogens (primary N) is 1. The second-order valence-electron chi connectivity index (χ2n) is 6.83. The fourth-order valence-electron chi connectivity index (χ4n) is 4.84. The molecule has 1 heterocycles. The van der Waals surface area contributed by atoms with Gasteiger partial charge in [-0.15, -0.1) is 0 Å². The van der Waals surface area contributed by atoms with Crippen molar-refractivity contribution in [1.29, 1.82) is 0 Å². The van der Waals surface area contributed by atoms with Crippen molar-refractivity contribution in [2.45, 2.75) is 57.7 Å². The molecule has 19 heavy (non-hydrogen) atoms. The lowest BCUT2D eigenvalue weighted by molar-refractivity contribution is 0.0442. The van der Waals surface area contributed by atoms with Crippen LogP contribution in [0.15, 0.2) is 24.3 Å². The third-order valence-electron chi connectivity index (χ3n) is 5.58. The molecule has 3 rings (SSSR count). The van der Waals surface area contributed by atoms with Crippen molar-refractivity contribution >= 4 is 0 Å². The molecule has 106 valence electrons. The Morgan fingerprint density at radius 3 is 2.79 bits per heavy atom. The number of rotatable bonds is 3. The first-order chi connectivity index (χ1) is 9.20. The first kappa shape index (κ1) is 13.4. The summed E-state index contributed by atoms with van der Waals surface area (Å²) in [5.41, 5.74) is 6.38. The van der Waals surface area contributed by atoms with Gasteiger partial charge in [-0.05, 0) is 43.9 Å². The van der Waals surface area contributed by atoms with Crippen molar-refractivity contribution in [2.75, 3.05) is 6.54 Å². The van der Waals surface area contributed by atoms with Gasteiger partial charge in [-0.2, -0.15) is 0 Å². The van der Waals surface area contributed by atoms with Gasteiger partial charge in [0.05, 0.1) is 0 Å². The standard InChI is InChI=1S/C17H28N2/c1-3-14-9-13-10-16(14)17(12(2)18)19(11-13)15-7-5-4-6-8-15/h4-7,12-17H,3,8-11,18H2,1-2H3. The summed E-state index contributed by atoms with van der Waals surface area (Å²) < 4.78 is 0. The van der Waals surface area contributed by atoms with E-state index in [1.165, 1.54) is 25.8 Å². The zero-order valence-corrected chi connectivity index (χ0v) is 12.3. The highest BCUT2D eigenvalue weighted by Crippen LogP contribution is 2.47. The second-order valence-corrected chi connectivity index (χ2v) is 6.83. The zero-order chi connectivity index (χ0) is 13.4. The summed E-state index contributed by atoms with van der Waals surface area (Å²) in [6.07, 6.45) is 14.4. The number of nitrogens with zero attached hydrogens (tertiary/aromatic N) is 1. The van der Waals surface area contributed by atoms with Crippen LogP contribution in [0.3, 0.4) is 0 Å². The Morgan fingerprint density at radius 2 is 2.16 bits per heavy atom. The van der Waals surface area contributed by atoms with Gasteiger partial charge in [-0.3, -0.25) is 4.90 Å². The van der Waals surface area contributed by atoms with E-state index in [1.807, 2.05) is 0 Å². The zero-order valence-electron chi connectivity index (χ0n) is 12.3. The number of hydrogen-bond acceptors (Lipinski definition) is 2. The first-order valence-electron chi connectivity index (χ1n) is 8.05. The molecule has 6 unspecified atom stereocenters. The molecule has 1 saturated carbocycles. The van der Waals surface area contributed by atoms with Gasteiger partial charge in [0, 0.05) is 24.7 Å². The van der Waals surface area contributed by atoms with Crippen LogP contribution in [-0.4, -0.2) is 29.6 Å². The number of fused-ring (bicyclic) bond motifs is 2. The van der Waals surface area contributed by atoms with Crippen molar-refractivity contribution in [3.8, 4) is 0 Å². The molecule has 0 radical (unpaired) electrons. The van der Waals surface area contributed by atoms with Gasteiger partial charge in [0.2, 0.25) is 0 Å². The maximum Gasteiger partial charge on any atom is 0.0319 e. The van der Waals surface area contributed by atoms with Crippen molar-refractivity contribution in [3.63, 3.8) is 0 Å². The van der Waals surface area contributed by atoms with E-state index < -0.39 is 0 Å². The Morgan fingerprint density at radius 1 is 1.32 bits per heavy atom. The minimum Gasteiger partial charge on any atom is -0.327 e. The lowest BCUT2D eigenvalue weighted by atomic mass is 9.80. The van der Waals surface area contributed by atoms with Crippen molar-refractivity contribution < 1.29 is 0 Å². The molecule has 2 fully saturated rings. The van der Waals surface area contributed by atoms with E-state index in [1.54, 1.807) is 0 Å². The van der Waals surface area contributed by atoms with Crippen molar-refractivity contribution in [1.82, 2.24) is 4.90 Å². The highest BCUT2D eigenvalue weighted by molar-refractivity contribution is 5.16. The van der Waals surface area contributed by atoms with Crippen LogP contribution in [0, 0.1) is 17.8 Å². The van der Waals surface area contributed by atoms with Crippen LogP contribution < -0.4 is 5.73 Å². The summed E-state index contributed by atoms with van der Waals surface area (Å²) >= 11 is 0. The number of piperidine rings is 1. The molecule has 0 amide bonds. The molecule has 3 aliphatic rings. The Balaban J connectivity index is 1.83. The largest absolute Gasteiger partial charge is 0.327 e. The van der Waals surface area contributed by atoms with E-state index in [0.29, 0.717) is 12.1 Å². The average molecular weight is 260 g/mol. The first-order valence-corrected chi connectivity index (χ1v) is 8.05. The predicted molar refractivity (Wildman–Crippen MR) is 80.8 cm³/mol. The molecule has 0 spiro atoms. The van der Waals surface area contributed by atoms with E-state index in [-0.39, 0.29) is 6.04 Å². The predicted octanol–water partition coefficient (Wildman–Crippen LogP) is 2.95. The Kier molecular flexibility index (Phi) is 3.81. The minimum absolute atomic E-state index is 0.289. The monoisotopic (exact) mass is 260 g/mol. The van der Waals surface area contributed by atoms with E-state index in [4.69, 9.17) is 5.73 Å². The summed E-state index contributed by atoms with van der Waals surface area (Å²) in [7, 11) is 0. The number of likely N-dealkylation sites (tertiary alicyclic amines) is 1. The maximum atomic E-state index is 6.38. The van der Waals surface area contributed by atoms with Crippen molar-refractivity contribution in [3.05, 3.63) is 24.3 Å². The van der Waals surface area contributed by atoms with Crippen LogP contribution >= 0.6 is 0 Å². The van der Waals surface area contributed by atoms with Crippen LogP contribution in [0.25, 0.3) is 0 Å². The molecule has 2 N–H and O–H groups in total. The molecule has 6 atom stereocenters. The summed E-state index contributed by atoms with van der Waals surface area (Å²) in [5.74, 6) is 2.67. The highest BCUT2D eigenvalue weighted by atomic mass is 15.2. The molecular weight excluding hydrogens is 232 g/mol. The van der Waals surface area contributed by atoms with Gasteiger partial charge in [-0.1, -0.05) is 37.6 Å². The molecule has 2 aliphatic carbocycles. The number of allylic oxidation sites excluding steroid dienone is 2. The lowest BCUT2D eigenvalue weighted by Crippen LogP contribution is -2.57. The molecule has 1 aliphatic heterocycles. The average Bonchev–Trinajstić information content (AvgIpc) is 2.75. The van der Waals surface area contributed by atoms with E-state index >= 15 is 0 Å². The molecule has 0 aromatic heterocycles. The van der Waals surface area contributed by atoms with Crippen LogP contribution in [-0.2, 0) is 0 Å². The fourth-order valence-corrected chi connectivity index (χ4v) is 4.84. The Hall–Kier alpha value is -0.600. The summed E-state index contributed by atoms with van der Waals surface area (Å²) in [4.78, 5) is 2.74. The van der Waals surface area contributed by atoms with Crippen LogP contribution in [0.5, 0.6) is 0 Å². The van der Waals surface area contributed by atoms with Gasteiger partial charge < -0.3 is 5.73 Å². The molecular formula is C17H28N2. The van der Waals surface area contributed by atoms with Crippen LogP contribution in [0.4, 0.5) is 0 Å². The summed E-state index contributed by atoms with van der Waals surface area (Å²) in [6, 6.07) is 1.46.